The van der Waals surface area contributed by atoms with Crippen LogP contribution in [0.4, 0.5) is 14.5 Å². The number of hydrogen-bond donors (Lipinski definition) is 2. The molecule has 0 saturated heterocycles. The summed E-state index contributed by atoms with van der Waals surface area (Å²) >= 11 is 1.34. The van der Waals surface area contributed by atoms with Crippen molar-refractivity contribution in [2.45, 2.75) is 12.5 Å². The standard InChI is InChI=1S/C25H20F2N2O2S/c1-28-22-17-7-4-6-15(14-9-10-18(26)19(27)13-14)23(17)32-24(22)25(30)29-20-11-12-31-21-8-3-2-5-16(20)21/h2-10,13,20,28H,11-12H2,1H3,(H,29,30)/t20-/m0/s1. The molecule has 1 aromatic heterocycles. The highest BCUT2D eigenvalue weighted by molar-refractivity contribution is 7.22. The number of rotatable bonds is 4. The van der Waals surface area contributed by atoms with E-state index in [9.17, 15) is 13.6 Å². The van der Waals surface area contributed by atoms with Gasteiger partial charge < -0.3 is 15.4 Å². The van der Waals surface area contributed by atoms with Gasteiger partial charge in [0.2, 0.25) is 0 Å². The van der Waals surface area contributed by atoms with Crippen LogP contribution in [0.25, 0.3) is 21.2 Å². The van der Waals surface area contributed by atoms with Crippen LogP contribution in [0, 0.1) is 11.6 Å². The number of para-hydroxylation sites is 1. The van der Waals surface area contributed by atoms with Crippen molar-refractivity contribution < 1.29 is 18.3 Å². The fourth-order valence-electron chi connectivity index (χ4n) is 4.13. The number of benzene rings is 3. The number of fused-ring (bicyclic) bond motifs is 2. The van der Waals surface area contributed by atoms with Crippen LogP contribution in [0.1, 0.15) is 27.7 Å². The van der Waals surface area contributed by atoms with E-state index in [0.717, 1.165) is 33.0 Å². The van der Waals surface area contributed by atoms with Gasteiger partial charge in [-0.25, -0.2) is 8.78 Å². The molecule has 1 amide bonds. The number of halogens is 2. The lowest BCUT2D eigenvalue weighted by Crippen LogP contribution is -2.32. The molecule has 2 N–H and O–H groups in total. The van der Waals surface area contributed by atoms with E-state index >= 15 is 0 Å². The molecular formula is C25H20F2N2O2S. The second-order valence-corrected chi connectivity index (χ2v) is 8.59. The summed E-state index contributed by atoms with van der Waals surface area (Å²) in [5.74, 6) is -1.19. The second kappa shape index (κ2) is 8.24. The van der Waals surface area contributed by atoms with Crippen LogP contribution < -0.4 is 15.4 Å². The number of nitrogens with one attached hydrogen (secondary N) is 2. The van der Waals surface area contributed by atoms with E-state index in [1.165, 1.54) is 17.4 Å². The topological polar surface area (TPSA) is 50.4 Å². The molecule has 5 rings (SSSR count). The maximum absolute atomic E-state index is 13.9. The second-order valence-electron chi connectivity index (χ2n) is 7.57. The predicted molar refractivity (Wildman–Crippen MR) is 123 cm³/mol. The summed E-state index contributed by atoms with van der Waals surface area (Å²) in [5.41, 5.74) is 2.98. The summed E-state index contributed by atoms with van der Waals surface area (Å²) < 4.78 is 33.8. The van der Waals surface area contributed by atoms with Crippen molar-refractivity contribution in [2.75, 3.05) is 19.0 Å². The summed E-state index contributed by atoms with van der Waals surface area (Å²) in [5, 5.41) is 7.15. The Labute approximate surface area is 187 Å². The van der Waals surface area contributed by atoms with Gasteiger partial charge in [0, 0.05) is 29.1 Å². The molecule has 3 aromatic carbocycles. The largest absolute Gasteiger partial charge is 0.493 e. The first-order valence-corrected chi connectivity index (χ1v) is 11.1. The van der Waals surface area contributed by atoms with Crippen LogP contribution in [0.2, 0.25) is 0 Å². The molecule has 2 heterocycles. The van der Waals surface area contributed by atoms with Crippen molar-refractivity contribution >= 4 is 33.0 Å². The van der Waals surface area contributed by atoms with Crippen LogP contribution in [-0.2, 0) is 0 Å². The molecule has 0 saturated carbocycles. The fraction of sp³-hybridized carbons (Fsp3) is 0.160. The van der Waals surface area contributed by atoms with Crippen LogP contribution in [0.5, 0.6) is 5.75 Å². The van der Waals surface area contributed by atoms with Gasteiger partial charge in [0.1, 0.15) is 10.6 Å². The van der Waals surface area contributed by atoms with Crippen molar-refractivity contribution in [1.82, 2.24) is 5.32 Å². The van der Waals surface area contributed by atoms with E-state index in [1.807, 2.05) is 42.5 Å². The monoisotopic (exact) mass is 450 g/mol. The maximum Gasteiger partial charge on any atom is 0.264 e. The fourth-order valence-corrected chi connectivity index (χ4v) is 5.38. The normalized spacial score (nSPS) is 15.2. The van der Waals surface area contributed by atoms with Gasteiger partial charge in [-0.05, 0) is 29.3 Å². The molecule has 0 bridgehead atoms. The third-order valence-electron chi connectivity index (χ3n) is 5.67. The minimum absolute atomic E-state index is 0.145. The minimum Gasteiger partial charge on any atom is -0.493 e. The highest BCUT2D eigenvalue weighted by Crippen LogP contribution is 2.42. The Morgan fingerprint density at radius 2 is 1.91 bits per heavy atom. The third-order valence-corrected chi connectivity index (χ3v) is 6.90. The van der Waals surface area contributed by atoms with E-state index in [4.69, 9.17) is 4.74 Å². The lowest BCUT2D eigenvalue weighted by atomic mass is 10.0. The first kappa shape index (κ1) is 20.5. The maximum atomic E-state index is 13.9. The average Bonchev–Trinajstić information content (AvgIpc) is 3.20. The first-order chi connectivity index (χ1) is 15.6. The molecule has 4 nitrogen and oxygen atoms in total. The zero-order valence-corrected chi connectivity index (χ0v) is 18.1. The van der Waals surface area contributed by atoms with Crippen molar-refractivity contribution in [3.8, 4) is 16.9 Å². The van der Waals surface area contributed by atoms with Crippen LogP contribution in [0.15, 0.2) is 60.7 Å². The molecule has 0 fully saturated rings. The predicted octanol–water partition coefficient (Wildman–Crippen LogP) is 6.14. The van der Waals surface area contributed by atoms with Crippen LogP contribution in [0.3, 0.4) is 0 Å². The van der Waals surface area contributed by atoms with Gasteiger partial charge in [-0.2, -0.15) is 0 Å². The van der Waals surface area contributed by atoms with E-state index in [-0.39, 0.29) is 11.9 Å². The molecule has 0 radical (unpaired) electrons. The van der Waals surface area contributed by atoms with Crippen LogP contribution in [-0.4, -0.2) is 19.6 Å². The summed E-state index contributed by atoms with van der Waals surface area (Å²) in [6, 6.07) is 17.0. The molecule has 1 aliphatic rings. The van der Waals surface area contributed by atoms with Gasteiger partial charge in [0.15, 0.2) is 11.6 Å². The van der Waals surface area contributed by atoms with E-state index in [1.54, 1.807) is 13.1 Å². The number of amides is 1. The Hall–Kier alpha value is -3.45. The van der Waals surface area contributed by atoms with Gasteiger partial charge >= 0.3 is 0 Å². The summed E-state index contributed by atoms with van der Waals surface area (Å²) in [6.45, 7) is 0.535. The van der Waals surface area contributed by atoms with Gasteiger partial charge in [-0.3, -0.25) is 4.79 Å². The molecule has 0 spiro atoms. The molecule has 0 aliphatic carbocycles. The first-order valence-electron chi connectivity index (χ1n) is 10.3. The van der Waals surface area contributed by atoms with Crippen LogP contribution >= 0.6 is 11.3 Å². The summed E-state index contributed by atoms with van der Waals surface area (Å²) in [4.78, 5) is 13.9. The number of thiophene rings is 1. The Balaban J connectivity index is 1.55. The smallest absolute Gasteiger partial charge is 0.264 e. The number of carbonyl (C=O) groups excluding carboxylic acids is 1. The number of anilines is 1. The SMILES string of the molecule is CNc1c(C(=O)N[C@H]2CCOc3ccccc32)sc2c(-c3ccc(F)c(F)c3)cccc12. The number of hydrogen-bond acceptors (Lipinski definition) is 4. The lowest BCUT2D eigenvalue weighted by molar-refractivity contribution is 0.0929. The molecule has 32 heavy (non-hydrogen) atoms. The highest BCUT2D eigenvalue weighted by atomic mass is 32.1. The molecule has 162 valence electrons. The van der Waals surface area contributed by atoms with Crippen molar-refractivity contribution in [3.63, 3.8) is 0 Å². The van der Waals surface area contributed by atoms with E-state index < -0.39 is 11.6 Å². The Morgan fingerprint density at radius 3 is 2.72 bits per heavy atom. The molecule has 1 atom stereocenters. The van der Waals surface area contributed by atoms with Gasteiger partial charge in [0.25, 0.3) is 5.91 Å². The van der Waals surface area contributed by atoms with Crippen molar-refractivity contribution in [3.05, 3.63) is 82.7 Å². The minimum atomic E-state index is -0.902. The van der Waals surface area contributed by atoms with Crippen molar-refractivity contribution in [2.24, 2.45) is 0 Å². The van der Waals surface area contributed by atoms with E-state index in [2.05, 4.69) is 10.6 Å². The zero-order valence-electron chi connectivity index (χ0n) is 17.2. The quantitative estimate of drug-likeness (QED) is 0.393. The Kier molecular flexibility index (Phi) is 5.27. The van der Waals surface area contributed by atoms with Gasteiger partial charge in [-0.1, -0.05) is 42.5 Å². The van der Waals surface area contributed by atoms with Gasteiger partial charge in [0.05, 0.1) is 18.3 Å². The Bertz CT molecular complexity index is 1340. The van der Waals surface area contributed by atoms with E-state index in [0.29, 0.717) is 29.2 Å². The summed E-state index contributed by atoms with van der Waals surface area (Å²) in [7, 11) is 1.77. The number of carbonyl (C=O) groups is 1. The molecule has 0 unspecified atom stereocenters. The highest BCUT2D eigenvalue weighted by Gasteiger charge is 2.26. The molecule has 1 aliphatic heterocycles. The average molecular weight is 451 g/mol. The lowest BCUT2D eigenvalue weighted by Gasteiger charge is -2.26. The van der Waals surface area contributed by atoms with Crippen molar-refractivity contribution in [1.29, 1.82) is 0 Å². The third kappa shape index (κ3) is 3.48. The number of ether oxygens (including phenoxy) is 1. The molecular weight excluding hydrogens is 430 g/mol. The van der Waals surface area contributed by atoms with Gasteiger partial charge in [-0.15, -0.1) is 11.3 Å². The summed E-state index contributed by atoms with van der Waals surface area (Å²) in [6.07, 6.45) is 0.683. The zero-order chi connectivity index (χ0) is 22.2. The Morgan fingerprint density at radius 1 is 1.06 bits per heavy atom. The molecule has 7 heteroatoms. The molecule has 4 aromatic rings.